The summed E-state index contributed by atoms with van der Waals surface area (Å²) in [5.74, 6) is 1.38. The van der Waals surface area contributed by atoms with Crippen LogP contribution in [0.15, 0.2) is 47.4 Å². The third kappa shape index (κ3) is 2.69. The van der Waals surface area contributed by atoms with Gasteiger partial charge in [0.05, 0.1) is 11.4 Å². The van der Waals surface area contributed by atoms with Crippen LogP contribution in [0, 0.1) is 13.8 Å². The lowest BCUT2D eigenvalue weighted by molar-refractivity contribution is 0.881. The maximum absolute atomic E-state index is 4.05. The van der Waals surface area contributed by atoms with Crippen LogP contribution in [0.4, 0.5) is 0 Å². The molecule has 0 spiro atoms. The molecular weight excluding hydrogens is 318 g/mol. The van der Waals surface area contributed by atoms with Crippen LogP contribution in [0.2, 0.25) is 0 Å². The molecule has 0 fully saturated rings. The second-order valence-electron chi connectivity index (χ2n) is 5.81. The van der Waals surface area contributed by atoms with E-state index in [-0.39, 0.29) is 0 Å². The Morgan fingerprint density at radius 2 is 1.96 bits per heavy atom. The average Bonchev–Trinajstić information content (AvgIpc) is 3.20. The van der Waals surface area contributed by atoms with E-state index in [1.807, 2.05) is 0 Å². The van der Waals surface area contributed by atoms with Gasteiger partial charge in [-0.1, -0.05) is 47.2 Å². The Labute approximate surface area is 143 Å². The minimum atomic E-state index is 0.677. The van der Waals surface area contributed by atoms with Gasteiger partial charge in [0.2, 0.25) is 0 Å². The third-order valence-electron chi connectivity index (χ3n) is 4.04. The summed E-state index contributed by atoms with van der Waals surface area (Å²) in [7, 11) is 0. The number of nitrogens with zero attached hydrogens (tertiary/aromatic N) is 3. The molecule has 0 atom stereocenters. The lowest BCUT2D eigenvalue weighted by Crippen LogP contribution is -1.88. The highest BCUT2D eigenvalue weighted by molar-refractivity contribution is 7.98. The largest absolute Gasteiger partial charge is 0.354 e. The summed E-state index contributed by atoms with van der Waals surface area (Å²) >= 11 is 1.73. The van der Waals surface area contributed by atoms with E-state index in [2.05, 4.69) is 81.9 Å². The number of nitrogens with one attached hydrogen (secondary N) is 2. The molecule has 0 bridgehead atoms. The number of para-hydroxylation sites is 1. The van der Waals surface area contributed by atoms with Gasteiger partial charge in [-0.2, -0.15) is 5.21 Å². The van der Waals surface area contributed by atoms with Crippen LogP contribution in [-0.2, 0) is 5.75 Å². The second kappa shape index (κ2) is 6.13. The molecule has 2 N–H and O–H groups in total. The van der Waals surface area contributed by atoms with Crippen LogP contribution in [0.5, 0.6) is 0 Å². The smallest absolute Gasteiger partial charge is 0.184 e. The van der Waals surface area contributed by atoms with Gasteiger partial charge < -0.3 is 4.98 Å². The van der Waals surface area contributed by atoms with E-state index >= 15 is 0 Å². The van der Waals surface area contributed by atoms with Gasteiger partial charge in [-0.15, -0.1) is 22.0 Å². The molecule has 0 saturated carbocycles. The number of hydrogen-bond donors (Lipinski definition) is 2. The molecule has 4 aromatic rings. The molecule has 0 radical (unpaired) electrons. The third-order valence-corrected chi connectivity index (χ3v) is 5.16. The fraction of sp³-hybridized carbons (Fsp3) is 0.167. The first-order valence-electron chi connectivity index (χ1n) is 7.76. The Hall–Kier alpha value is -2.60. The number of thioether (sulfide) groups is 1. The van der Waals surface area contributed by atoms with Crippen molar-refractivity contribution in [2.45, 2.75) is 24.5 Å². The van der Waals surface area contributed by atoms with E-state index in [9.17, 15) is 0 Å². The first-order chi connectivity index (χ1) is 11.7. The van der Waals surface area contributed by atoms with Crippen LogP contribution in [0.3, 0.4) is 0 Å². The summed E-state index contributed by atoms with van der Waals surface area (Å²) in [6, 6.07) is 14.9. The van der Waals surface area contributed by atoms with E-state index in [4.69, 9.17) is 0 Å². The van der Waals surface area contributed by atoms with Crippen molar-refractivity contribution in [1.29, 1.82) is 0 Å². The Kier molecular flexibility index (Phi) is 3.82. The lowest BCUT2D eigenvalue weighted by Gasteiger charge is -2.08. The molecule has 0 aliphatic rings. The number of aromatic nitrogens is 5. The summed E-state index contributed by atoms with van der Waals surface area (Å²) in [6.45, 7) is 4.27. The van der Waals surface area contributed by atoms with E-state index in [1.165, 1.54) is 27.0 Å². The van der Waals surface area contributed by atoms with Gasteiger partial charge in [0.25, 0.3) is 0 Å². The molecule has 2 heterocycles. The van der Waals surface area contributed by atoms with Crippen molar-refractivity contribution in [1.82, 2.24) is 25.6 Å². The predicted octanol–water partition coefficient (Wildman–Crippen LogP) is 4.26. The van der Waals surface area contributed by atoms with Gasteiger partial charge in [0.1, 0.15) is 0 Å². The number of rotatable bonds is 4. The van der Waals surface area contributed by atoms with Crippen LogP contribution in [0.25, 0.3) is 22.2 Å². The molecule has 4 rings (SSSR count). The molecule has 0 unspecified atom stereocenters. The first-order valence-corrected chi connectivity index (χ1v) is 8.74. The van der Waals surface area contributed by atoms with Gasteiger partial charge in [0, 0.05) is 21.4 Å². The van der Waals surface area contributed by atoms with Crippen molar-refractivity contribution >= 4 is 22.7 Å². The highest BCUT2D eigenvalue weighted by atomic mass is 32.2. The highest BCUT2D eigenvalue weighted by Gasteiger charge is 2.16. The Morgan fingerprint density at radius 1 is 1.08 bits per heavy atom. The molecule has 5 nitrogen and oxygen atoms in total. The first kappa shape index (κ1) is 15.0. The van der Waals surface area contributed by atoms with Gasteiger partial charge in [-0.3, -0.25) is 0 Å². The molecule has 120 valence electrons. The summed E-state index contributed by atoms with van der Waals surface area (Å²) in [5, 5.41) is 15.5. The van der Waals surface area contributed by atoms with Gasteiger partial charge >= 0.3 is 0 Å². The van der Waals surface area contributed by atoms with E-state index in [0.717, 1.165) is 11.2 Å². The Balaban J connectivity index is 1.83. The number of H-pyrrole nitrogens is 2. The SMILES string of the molecule is Cc1ccc(-c2[nH]c3ccccc3c2SCc2nn[nH]n2)c(C)c1. The number of aromatic amines is 2. The molecular formula is C18H17N5S. The lowest BCUT2D eigenvalue weighted by atomic mass is 10.0. The Bertz CT molecular complexity index is 988. The number of aryl methyl sites for hydroxylation is 2. The zero-order valence-corrected chi connectivity index (χ0v) is 14.3. The number of tetrazole rings is 1. The molecule has 24 heavy (non-hydrogen) atoms. The van der Waals surface area contributed by atoms with Crippen molar-refractivity contribution in [2.24, 2.45) is 0 Å². The summed E-state index contributed by atoms with van der Waals surface area (Å²) in [6.07, 6.45) is 0. The fourth-order valence-electron chi connectivity index (χ4n) is 2.93. The topological polar surface area (TPSA) is 70.2 Å². The standard InChI is InChI=1S/C18H17N5S/c1-11-7-8-13(12(2)9-11)17-18(24-10-16-20-22-23-21-16)14-5-3-4-6-15(14)19-17/h3-9,19H,10H2,1-2H3,(H,20,21,22,23). The van der Waals surface area contributed by atoms with Crippen molar-refractivity contribution < 1.29 is 0 Å². The molecule has 2 aromatic carbocycles. The monoisotopic (exact) mass is 335 g/mol. The minimum absolute atomic E-state index is 0.677. The van der Waals surface area contributed by atoms with Crippen LogP contribution >= 0.6 is 11.8 Å². The predicted molar refractivity (Wildman–Crippen MR) is 96.9 cm³/mol. The van der Waals surface area contributed by atoms with E-state index < -0.39 is 0 Å². The normalized spacial score (nSPS) is 11.2. The maximum atomic E-state index is 4.05. The zero-order valence-electron chi connectivity index (χ0n) is 13.5. The molecule has 2 aromatic heterocycles. The van der Waals surface area contributed by atoms with Crippen molar-refractivity contribution in [3.8, 4) is 11.3 Å². The van der Waals surface area contributed by atoms with Crippen molar-refractivity contribution in [2.75, 3.05) is 0 Å². The van der Waals surface area contributed by atoms with Gasteiger partial charge in [-0.25, -0.2) is 0 Å². The zero-order chi connectivity index (χ0) is 16.5. The van der Waals surface area contributed by atoms with Crippen molar-refractivity contribution in [3.63, 3.8) is 0 Å². The molecule has 0 aliphatic heterocycles. The van der Waals surface area contributed by atoms with E-state index in [0.29, 0.717) is 11.6 Å². The molecule has 0 saturated heterocycles. The summed E-state index contributed by atoms with van der Waals surface area (Å²) < 4.78 is 0. The number of benzene rings is 2. The van der Waals surface area contributed by atoms with Gasteiger partial charge in [-0.05, 0) is 25.5 Å². The van der Waals surface area contributed by atoms with Gasteiger partial charge in [0.15, 0.2) is 5.82 Å². The Morgan fingerprint density at radius 3 is 2.75 bits per heavy atom. The van der Waals surface area contributed by atoms with Crippen LogP contribution in [0.1, 0.15) is 17.0 Å². The minimum Gasteiger partial charge on any atom is -0.354 e. The van der Waals surface area contributed by atoms with Crippen LogP contribution in [-0.4, -0.2) is 25.6 Å². The molecule has 0 amide bonds. The second-order valence-corrected chi connectivity index (χ2v) is 6.80. The maximum Gasteiger partial charge on any atom is 0.184 e. The number of fused-ring (bicyclic) bond motifs is 1. The molecule has 6 heteroatoms. The average molecular weight is 335 g/mol. The van der Waals surface area contributed by atoms with Crippen molar-refractivity contribution in [3.05, 3.63) is 59.4 Å². The fourth-order valence-corrected chi connectivity index (χ4v) is 3.96. The quantitative estimate of drug-likeness (QED) is 0.547. The molecule has 0 aliphatic carbocycles. The number of hydrogen-bond acceptors (Lipinski definition) is 4. The summed E-state index contributed by atoms with van der Waals surface area (Å²) in [4.78, 5) is 4.81. The highest BCUT2D eigenvalue weighted by Crippen LogP contribution is 2.39. The van der Waals surface area contributed by atoms with E-state index in [1.54, 1.807) is 11.8 Å². The summed E-state index contributed by atoms with van der Waals surface area (Å²) in [5.41, 5.74) is 6.06. The van der Waals surface area contributed by atoms with Crippen LogP contribution < -0.4 is 0 Å².